The van der Waals surface area contributed by atoms with E-state index in [9.17, 15) is 4.79 Å². The number of fused-ring (bicyclic) bond motifs is 1. The minimum atomic E-state index is -0.168. The van der Waals surface area contributed by atoms with Crippen LogP contribution in [0.1, 0.15) is 31.2 Å². The smallest absolute Gasteiger partial charge is 0.261 e. The first-order chi connectivity index (χ1) is 14.2. The molecule has 9 heteroatoms. The number of thiazole rings is 1. The summed E-state index contributed by atoms with van der Waals surface area (Å²) in [5.41, 5.74) is 0.943. The maximum atomic E-state index is 12.9. The Balaban J connectivity index is 1.59. The summed E-state index contributed by atoms with van der Waals surface area (Å²) in [5, 5.41) is 5.01. The maximum absolute atomic E-state index is 12.9. The second-order valence-electron chi connectivity index (χ2n) is 6.89. The quantitative estimate of drug-likeness (QED) is 0.579. The molecule has 0 bridgehead atoms. The van der Waals surface area contributed by atoms with Crippen molar-refractivity contribution in [1.82, 2.24) is 20.2 Å². The summed E-state index contributed by atoms with van der Waals surface area (Å²) in [6, 6.07) is 3.93. The van der Waals surface area contributed by atoms with Crippen LogP contribution in [-0.4, -0.2) is 60.7 Å². The minimum absolute atomic E-state index is 0.0983. The van der Waals surface area contributed by atoms with E-state index in [1.54, 1.807) is 24.6 Å². The van der Waals surface area contributed by atoms with Crippen molar-refractivity contribution < 1.29 is 14.3 Å². The summed E-state index contributed by atoms with van der Waals surface area (Å²) in [7, 11) is 1.62. The molecule has 3 aromatic rings. The lowest BCUT2D eigenvalue weighted by molar-refractivity contribution is -0.0320. The van der Waals surface area contributed by atoms with E-state index in [2.05, 4.69) is 20.2 Å². The number of thiophene rings is 1. The zero-order valence-corrected chi connectivity index (χ0v) is 18.1. The van der Waals surface area contributed by atoms with Gasteiger partial charge in [-0.1, -0.05) is 6.07 Å². The summed E-state index contributed by atoms with van der Waals surface area (Å²) >= 11 is 3.15. The fourth-order valence-corrected chi connectivity index (χ4v) is 5.45. The van der Waals surface area contributed by atoms with Crippen molar-refractivity contribution in [3.05, 3.63) is 44.9 Å². The number of morpholine rings is 1. The molecule has 1 aliphatic rings. The first-order valence-corrected chi connectivity index (χ1v) is 11.2. The van der Waals surface area contributed by atoms with Gasteiger partial charge in [0.25, 0.3) is 5.91 Å². The van der Waals surface area contributed by atoms with Crippen LogP contribution in [-0.2, 0) is 16.0 Å². The Morgan fingerprint density at radius 2 is 2.31 bits per heavy atom. The third kappa shape index (κ3) is 4.65. The van der Waals surface area contributed by atoms with Crippen LogP contribution >= 0.6 is 22.7 Å². The number of methoxy groups -OCH3 is 1. The van der Waals surface area contributed by atoms with Crippen molar-refractivity contribution in [1.29, 1.82) is 0 Å². The monoisotopic (exact) mass is 432 g/mol. The lowest BCUT2D eigenvalue weighted by Crippen LogP contribution is -2.38. The molecule has 1 N–H and O–H groups in total. The zero-order chi connectivity index (χ0) is 20.2. The highest BCUT2D eigenvalue weighted by atomic mass is 32.1. The molecule has 1 unspecified atom stereocenters. The largest absolute Gasteiger partial charge is 0.383 e. The number of pyridine rings is 1. The molecule has 7 nitrogen and oxygen atoms in total. The fraction of sp³-hybridized carbons (Fsp3) is 0.450. The number of hydrogen-bond acceptors (Lipinski definition) is 8. The molecule has 3 aromatic heterocycles. The molecule has 1 atom stereocenters. The van der Waals surface area contributed by atoms with Gasteiger partial charge in [0, 0.05) is 61.5 Å². The van der Waals surface area contributed by atoms with E-state index in [0.717, 1.165) is 40.4 Å². The summed E-state index contributed by atoms with van der Waals surface area (Å²) < 4.78 is 11.2. The number of rotatable bonds is 7. The Labute approximate surface area is 177 Å². The average molecular weight is 433 g/mol. The SMILES string of the molecule is COCCNC(=O)c1sc2ncccc2c1C1CN(Cc2cnc(C)s2)CCO1. The molecule has 1 aliphatic heterocycles. The molecule has 4 rings (SSSR count). The topological polar surface area (TPSA) is 76.6 Å². The molecule has 0 aliphatic carbocycles. The highest BCUT2D eigenvalue weighted by Crippen LogP contribution is 2.37. The molecular weight excluding hydrogens is 408 g/mol. The molecule has 0 saturated carbocycles. The third-order valence-electron chi connectivity index (χ3n) is 4.82. The molecule has 4 heterocycles. The number of carbonyl (C=O) groups is 1. The van der Waals surface area contributed by atoms with Crippen LogP contribution in [0.2, 0.25) is 0 Å². The van der Waals surface area contributed by atoms with Gasteiger partial charge in [-0.15, -0.1) is 22.7 Å². The number of aryl methyl sites for hydroxylation is 1. The van der Waals surface area contributed by atoms with E-state index in [1.165, 1.54) is 16.2 Å². The number of nitrogens with one attached hydrogen (secondary N) is 1. The van der Waals surface area contributed by atoms with Gasteiger partial charge in [0.05, 0.1) is 24.3 Å². The molecule has 0 radical (unpaired) electrons. The number of nitrogens with zero attached hydrogens (tertiary/aromatic N) is 3. The van der Waals surface area contributed by atoms with Crippen LogP contribution in [0, 0.1) is 6.92 Å². The van der Waals surface area contributed by atoms with E-state index in [4.69, 9.17) is 9.47 Å². The summed E-state index contributed by atoms with van der Waals surface area (Å²) in [6.07, 6.45) is 3.54. The number of aromatic nitrogens is 2. The Morgan fingerprint density at radius 1 is 1.41 bits per heavy atom. The number of ether oxygens (including phenoxy) is 2. The number of hydrogen-bond donors (Lipinski definition) is 1. The minimum Gasteiger partial charge on any atom is -0.383 e. The standard InChI is InChI=1S/C20H24N4O3S2/c1-13-23-10-14(28-13)11-24-7-9-27-16(12-24)17-15-4-3-5-22-20(15)29-18(17)19(25)21-6-8-26-2/h3-5,10,16H,6-9,11-12H2,1-2H3,(H,21,25). The average Bonchev–Trinajstić information content (AvgIpc) is 3.31. The summed E-state index contributed by atoms with van der Waals surface area (Å²) in [4.78, 5) is 26.8. The number of carbonyl (C=O) groups excluding carboxylic acids is 1. The molecule has 0 spiro atoms. The van der Waals surface area contributed by atoms with Crippen LogP contribution in [0.4, 0.5) is 0 Å². The van der Waals surface area contributed by atoms with Gasteiger partial charge in [-0.2, -0.15) is 0 Å². The van der Waals surface area contributed by atoms with Gasteiger partial charge in [-0.25, -0.2) is 9.97 Å². The van der Waals surface area contributed by atoms with Gasteiger partial charge in [-0.05, 0) is 13.0 Å². The van der Waals surface area contributed by atoms with Gasteiger partial charge in [0.1, 0.15) is 9.71 Å². The van der Waals surface area contributed by atoms with E-state index < -0.39 is 0 Å². The van der Waals surface area contributed by atoms with Crippen molar-refractivity contribution in [3.63, 3.8) is 0 Å². The highest BCUT2D eigenvalue weighted by molar-refractivity contribution is 7.20. The Morgan fingerprint density at radius 3 is 3.10 bits per heavy atom. The Kier molecular flexibility index (Phi) is 6.51. The summed E-state index contributed by atoms with van der Waals surface area (Å²) in [6.45, 7) is 6.05. The summed E-state index contributed by atoms with van der Waals surface area (Å²) in [5.74, 6) is -0.0983. The Hall–Kier alpha value is -1.91. The van der Waals surface area contributed by atoms with Crippen LogP contribution < -0.4 is 5.32 Å². The van der Waals surface area contributed by atoms with Crippen molar-refractivity contribution in [2.75, 3.05) is 40.0 Å². The molecule has 0 aromatic carbocycles. The van der Waals surface area contributed by atoms with E-state index in [0.29, 0.717) is 24.6 Å². The first kappa shape index (κ1) is 20.4. The van der Waals surface area contributed by atoms with Crippen molar-refractivity contribution in [2.45, 2.75) is 19.6 Å². The molecule has 1 fully saturated rings. The van der Waals surface area contributed by atoms with Crippen molar-refractivity contribution in [3.8, 4) is 0 Å². The predicted molar refractivity (Wildman–Crippen MR) is 115 cm³/mol. The molecule has 29 heavy (non-hydrogen) atoms. The zero-order valence-electron chi connectivity index (χ0n) is 16.5. The van der Waals surface area contributed by atoms with Crippen molar-refractivity contribution in [2.24, 2.45) is 0 Å². The van der Waals surface area contributed by atoms with Gasteiger partial charge in [0.15, 0.2) is 0 Å². The van der Waals surface area contributed by atoms with Crippen LogP contribution in [0.25, 0.3) is 10.2 Å². The Bertz CT molecular complexity index is 987. The lowest BCUT2D eigenvalue weighted by Gasteiger charge is -2.33. The van der Waals surface area contributed by atoms with Crippen LogP contribution in [0.5, 0.6) is 0 Å². The predicted octanol–water partition coefficient (Wildman–Crippen LogP) is 3.01. The van der Waals surface area contributed by atoms with E-state index in [1.807, 2.05) is 25.3 Å². The lowest BCUT2D eigenvalue weighted by atomic mass is 10.0. The normalized spacial score (nSPS) is 17.7. The van der Waals surface area contributed by atoms with Crippen LogP contribution in [0.3, 0.4) is 0 Å². The first-order valence-electron chi connectivity index (χ1n) is 9.55. The fourth-order valence-electron chi connectivity index (χ4n) is 3.51. The van der Waals surface area contributed by atoms with E-state index in [-0.39, 0.29) is 12.0 Å². The molecular formula is C20H24N4O3S2. The van der Waals surface area contributed by atoms with Crippen LogP contribution in [0.15, 0.2) is 24.5 Å². The molecule has 1 amide bonds. The highest BCUT2D eigenvalue weighted by Gasteiger charge is 2.30. The maximum Gasteiger partial charge on any atom is 0.261 e. The third-order valence-corrected chi connectivity index (χ3v) is 6.85. The van der Waals surface area contributed by atoms with Gasteiger partial charge < -0.3 is 14.8 Å². The number of amides is 1. The second kappa shape index (κ2) is 9.27. The van der Waals surface area contributed by atoms with E-state index >= 15 is 0 Å². The van der Waals surface area contributed by atoms with Crippen molar-refractivity contribution >= 4 is 38.8 Å². The second-order valence-corrected chi connectivity index (χ2v) is 9.21. The molecule has 154 valence electrons. The van der Waals surface area contributed by atoms with Gasteiger partial charge in [0.2, 0.25) is 0 Å². The van der Waals surface area contributed by atoms with Gasteiger partial charge in [-0.3, -0.25) is 9.69 Å². The van der Waals surface area contributed by atoms with Gasteiger partial charge >= 0.3 is 0 Å². The molecule has 1 saturated heterocycles.